The molecule has 1 aromatic rings. The first-order chi connectivity index (χ1) is 7.72. The van der Waals surface area contributed by atoms with E-state index in [1.54, 1.807) is 7.05 Å². The maximum absolute atomic E-state index is 11.4. The van der Waals surface area contributed by atoms with Crippen LogP contribution in [0.1, 0.15) is 24.0 Å². The van der Waals surface area contributed by atoms with Crippen molar-refractivity contribution in [1.29, 1.82) is 0 Å². The highest BCUT2D eigenvalue weighted by Gasteiger charge is 2.14. The fourth-order valence-electron chi connectivity index (χ4n) is 2.17. The van der Waals surface area contributed by atoms with Crippen LogP contribution in [0.4, 0.5) is 10.5 Å². The predicted molar refractivity (Wildman–Crippen MR) is 63.9 cm³/mol. The van der Waals surface area contributed by atoms with Crippen molar-refractivity contribution in [1.82, 2.24) is 0 Å². The molecular formula is C13H17NO2. The summed E-state index contributed by atoms with van der Waals surface area (Å²) in [6, 6.07) is 6.22. The highest BCUT2D eigenvalue weighted by molar-refractivity contribution is 5.87. The first-order valence-electron chi connectivity index (χ1n) is 5.66. The largest absolute Gasteiger partial charge is 0.452 e. The monoisotopic (exact) mass is 219 g/mol. The zero-order chi connectivity index (χ0) is 11.5. The number of carbonyl (C=O) groups is 1. The number of methoxy groups -OCH3 is 1. The van der Waals surface area contributed by atoms with Crippen LogP contribution in [-0.4, -0.2) is 20.3 Å². The number of nitrogens with zero attached hydrogens (tertiary/aromatic N) is 1. The Morgan fingerprint density at radius 1 is 1.25 bits per heavy atom. The Kier molecular flexibility index (Phi) is 3.13. The maximum atomic E-state index is 11.4. The second-order valence-corrected chi connectivity index (χ2v) is 4.19. The third kappa shape index (κ3) is 2.03. The smallest absolute Gasteiger partial charge is 0.413 e. The first kappa shape index (κ1) is 11.0. The van der Waals surface area contributed by atoms with Crippen LogP contribution in [0, 0.1) is 0 Å². The summed E-state index contributed by atoms with van der Waals surface area (Å²) >= 11 is 0. The van der Waals surface area contributed by atoms with Gasteiger partial charge in [0.1, 0.15) is 0 Å². The number of benzene rings is 1. The fourth-order valence-corrected chi connectivity index (χ4v) is 2.17. The van der Waals surface area contributed by atoms with E-state index in [2.05, 4.69) is 12.1 Å². The van der Waals surface area contributed by atoms with Gasteiger partial charge in [0.05, 0.1) is 7.11 Å². The van der Waals surface area contributed by atoms with Crippen molar-refractivity contribution in [3.05, 3.63) is 29.3 Å². The molecule has 86 valence electrons. The van der Waals surface area contributed by atoms with Crippen LogP contribution in [0.15, 0.2) is 18.2 Å². The molecule has 0 aromatic heterocycles. The molecule has 1 aliphatic carbocycles. The van der Waals surface area contributed by atoms with Gasteiger partial charge in [-0.05, 0) is 48.9 Å². The molecule has 0 atom stereocenters. The number of hydrogen-bond acceptors (Lipinski definition) is 2. The Labute approximate surface area is 96.0 Å². The predicted octanol–water partition coefficient (Wildman–Crippen LogP) is 2.77. The van der Waals surface area contributed by atoms with Gasteiger partial charge >= 0.3 is 6.09 Å². The zero-order valence-corrected chi connectivity index (χ0v) is 9.82. The molecule has 0 heterocycles. The highest BCUT2D eigenvalue weighted by Crippen LogP contribution is 2.25. The molecule has 0 saturated carbocycles. The minimum absolute atomic E-state index is 0.323. The van der Waals surface area contributed by atoms with E-state index >= 15 is 0 Å². The lowest BCUT2D eigenvalue weighted by Gasteiger charge is -2.20. The average Bonchev–Trinajstić information content (AvgIpc) is 2.36. The quantitative estimate of drug-likeness (QED) is 0.726. The van der Waals surface area contributed by atoms with E-state index in [-0.39, 0.29) is 6.09 Å². The minimum Gasteiger partial charge on any atom is -0.452 e. The van der Waals surface area contributed by atoms with Crippen LogP contribution in [0.3, 0.4) is 0 Å². The maximum Gasteiger partial charge on any atom is 0.413 e. The number of fused-ring (bicyclic) bond motifs is 1. The summed E-state index contributed by atoms with van der Waals surface area (Å²) in [5.74, 6) is 0. The molecule has 16 heavy (non-hydrogen) atoms. The van der Waals surface area contributed by atoms with Gasteiger partial charge in [0.2, 0.25) is 0 Å². The number of anilines is 1. The molecule has 1 aliphatic rings. The van der Waals surface area contributed by atoms with Gasteiger partial charge in [0.15, 0.2) is 0 Å². The molecule has 1 amide bonds. The standard InChI is InChI=1S/C13H17NO2/c1-14(13(15)16-2)12-8-7-10-5-3-4-6-11(10)9-12/h7-9H,3-6H2,1-2H3. The van der Waals surface area contributed by atoms with E-state index in [1.807, 2.05) is 6.07 Å². The van der Waals surface area contributed by atoms with Crippen molar-refractivity contribution in [3.63, 3.8) is 0 Å². The highest BCUT2D eigenvalue weighted by atomic mass is 16.5. The fraction of sp³-hybridized carbons (Fsp3) is 0.462. The van der Waals surface area contributed by atoms with E-state index in [0.717, 1.165) is 18.5 Å². The number of aryl methyl sites for hydroxylation is 2. The Balaban J connectivity index is 2.26. The molecular weight excluding hydrogens is 202 g/mol. The van der Waals surface area contributed by atoms with Gasteiger partial charge in [0, 0.05) is 12.7 Å². The van der Waals surface area contributed by atoms with Crippen LogP contribution in [-0.2, 0) is 17.6 Å². The lowest BCUT2D eigenvalue weighted by molar-refractivity contribution is 0.180. The molecule has 0 radical (unpaired) electrons. The summed E-state index contributed by atoms with van der Waals surface area (Å²) in [5, 5.41) is 0. The number of rotatable bonds is 1. The molecule has 1 aromatic carbocycles. The second-order valence-electron chi connectivity index (χ2n) is 4.19. The zero-order valence-electron chi connectivity index (χ0n) is 9.82. The molecule has 0 fully saturated rings. The summed E-state index contributed by atoms with van der Waals surface area (Å²) in [7, 11) is 3.13. The number of amides is 1. The van der Waals surface area contributed by atoms with Crippen molar-refractivity contribution in [2.75, 3.05) is 19.1 Å². The van der Waals surface area contributed by atoms with Crippen molar-refractivity contribution >= 4 is 11.8 Å². The Hall–Kier alpha value is -1.51. The Bertz CT molecular complexity index is 401. The van der Waals surface area contributed by atoms with Crippen molar-refractivity contribution in [3.8, 4) is 0 Å². The lowest BCUT2D eigenvalue weighted by atomic mass is 9.91. The minimum atomic E-state index is -0.323. The summed E-state index contributed by atoms with van der Waals surface area (Å²) in [4.78, 5) is 12.9. The van der Waals surface area contributed by atoms with Gasteiger partial charge in [0.25, 0.3) is 0 Å². The summed E-state index contributed by atoms with van der Waals surface area (Å²) < 4.78 is 4.70. The molecule has 2 rings (SSSR count). The van der Waals surface area contributed by atoms with Gasteiger partial charge in [-0.2, -0.15) is 0 Å². The van der Waals surface area contributed by atoms with E-state index in [4.69, 9.17) is 4.74 Å². The molecule has 0 bridgehead atoms. The van der Waals surface area contributed by atoms with Crippen LogP contribution >= 0.6 is 0 Å². The van der Waals surface area contributed by atoms with Gasteiger partial charge in [-0.3, -0.25) is 4.90 Å². The molecule has 0 spiro atoms. The third-order valence-corrected chi connectivity index (χ3v) is 3.17. The SMILES string of the molecule is COC(=O)N(C)c1ccc2c(c1)CCCC2. The molecule has 3 heteroatoms. The van der Waals surface area contributed by atoms with Crippen molar-refractivity contribution < 1.29 is 9.53 Å². The van der Waals surface area contributed by atoms with Gasteiger partial charge < -0.3 is 4.74 Å². The van der Waals surface area contributed by atoms with E-state index in [9.17, 15) is 4.79 Å². The van der Waals surface area contributed by atoms with E-state index in [0.29, 0.717) is 0 Å². The topological polar surface area (TPSA) is 29.5 Å². The summed E-state index contributed by atoms with van der Waals surface area (Å²) in [6.45, 7) is 0. The number of ether oxygens (including phenoxy) is 1. The average molecular weight is 219 g/mol. The number of carbonyl (C=O) groups excluding carboxylic acids is 1. The molecule has 0 aliphatic heterocycles. The third-order valence-electron chi connectivity index (χ3n) is 3.17. The molecule has 3 nitrogen and oxygen atoms in total. The van der Waals surface area contributed by atoms with Gasteiger partial charge in [-0.25, -0.2) is 4.79 Å². The Morgan fingerprint density at radius 3 is 2.62 bits per heavy atom. The van der Waals surface area contributed by atoms with Crippen LogP contribution in [0.25, 0.3) is 0 Å². The molecule has 0 N–H and O–H groups in total. The molecule has 0 unspecified atom stereocenters. The summed E-state index contributed by atoms with van der Waals surface area (Å²) in [5.41, 5.74) is 3.71. The van der Waals surface area contributed by atoms with E-state index in [1.165, 1.54) is 36.0 Å². The second kappa shape index (κ2) is 4.56. The van der Waals surface area contributed by atoms with Crippen molar-refractivity contribution in [2.45, 2.75) is 25.7 Å². The lowest BCUT2D eigenvalue weighted by Crippen LogP contribution is -2.26. The van der Waals surface area contributed by atoms with Crippen LogP contribution < -0.4 is 4.90 Å². The first-order valence-corrected chi connectivity index (χ1v) is 5.66. The number of hydrogen-bond donors (Lipinski definition) is 0. The van der Waals surface area contributed by atoms with Gasteiger partial charge in [-0.1, -0.05) is 6.07 Å². The molecule has 0 saturated heterocycles. The van der Waals surface area contributed by atoms with E-state index < -0.39 is 0 Å². The van der Waals surface area contributed by atoms with Gasteiger partial charge in [-0.15, -0.1) is 0 Å². The van der Waals surface area contributed by atoms with Crippen LogP contribution in [0.2, 0.25) is 0 Å². The Morgan fingerprint density at radius 2 is 1.94 bits per heavy atom. The van der Waals surface area contributed by atoms with Crippen LogP contribution in [0.5, 0.6) is 0 Å². The van der Waals surface area contributed by atoms with Crippen molar-refractivity contribution in [2.24, 2.45) is 0 Å². The normalized spacial score (nSPS) is 14.1. The summed E-state index contributed by atoms with van der Waals surface area (Å²) in [6.07, 6.45) is 4.49.